The summed E-state index contributed by atoms with van der Waals surface area (Å²) in [4.78, 5) is 26.3. The monoisotopic (exact) mass is 254 g/mol. The zero-order chi connectivity index (χ0) is 13.8. The Bertz CT molecular complexity index is 311. The maximum Gasteiger partial charge on any atom is 0.249 e. The minimum Gasteiger partial charge on any atom is -0.340 e. The van der Waals surface area contributed by atoms with Gasteiger partial charge in [-0.1, -0.05) is 34.1 Å². The van der Waals surface area contributed by atoms with Crippen LogP contribution in [-0.4, -0.2) is 34.8 Å². The van der Waals surface area contributed by atoms with Crippen LogP contribution in [0.2, 0.25) is 0 Å². The van der Waals surface area contributed by atoms with Gasteiger partial charge in [-0.15, -0.1) is 0 Å². The van der Waals surface area contributed by atoms with Crippen molar-refractivity contribution in [3.63, 3.8) is 0 Å². The van der Waals surface area contributed by atoms with E-state index < -0.39 is 5.54 Å². The highest BCUT2D eigenvalue weighted by atomic mass is 16.2. The molecule has 0 aromatic carbocycles. The average Bonchev–Trinajstić information content (AvgIpc) is 2.38. The molecule has 1 unspecified atom stereocenters. The van der Waals surface area contributed by atoms with Crippen molar-refractivity contribution in [1.82, 2.24) is 10.2 Å². The summed E-state index contributed by atoms with van der Waals surface area (Å²) in [6.45, 7) is 8.35. The van der Waals surface area contributed by atoms with Crippen LogP contribution in [0.4, 0.5) is 0 Å². The molecule has 1 aliphatic rings. The van der Waals surface area contributed by atoms with Crippen molar-refractivity contribution in [3.8, 4) is 0 Å². The molecule has 0 aromatic rings. The summed E-state index contributed by atoms with van der Waals surface area (Å²) in [5.41, 5.74) is -0.670. The number of carbonyl (C=O) groups excluding carboxylic acids is 2. The van der Waals surface area contributed by atoms with Crippen molar-refractivity contribution in [1.29, 1.82) is 0 Å². The first-order valence-corrected chi connectivity index (χ1v) is 7.16. The molecule has 0 aliphatic carbocycles. The van der Waals surface area contributed by atoms with Crippen molar-refractivity contribution < 1.29 is 9.59 Å². The number of nitrogens with zero attached hydrogens (tertiary/aromatic N) is 1. The zero-order valence-electron chi connectivity index (χ0n) is 12.1. The van der Waals surface area contributed by atoms with Gasteiger partial charge in [0.1, 0.15) is 5.54 Å². The Morgan fingerprint density at radius 2 is 1.83 bits per heavy atom. The van der Waals surface area contributed by atoms with Gasteiger partial charge in [0, 0.05) is 6.04 Å². The second kappa shape index (κ2) is 6.21. The van der Waals surface area contributed by atoms with Crippen molar-refractivity contribution in [2.75, 3.05) is 6.54 Å². The van der Waals surface area contributed by atoms with E-state index >= 15 is 0 Å². The Balaban J connectivity index is 2.97. The van der Waals surface area contributed by atoms with Crippen LogP contribution in [0.25, 0.3) is 0 Å². The maximum absolute atomic E-state index is 12.6. The lowest BCUT2D eigenvalue weighted by molar-refractivity contribution is -0.153. The molecule has 1 rings (SSSR count). The number of amides is 2. The van der Waals surface area contributed by atoms with Crippen LogP contribution in [0.15, 0.2) is 0 Å². The molecule has 4 heteroatoms. The van der Waals surface area contributed by atoms with Gasteiger partial charge in [0.25, 0.3) is 0 Å². The normalized spacial score (nSPS) is 20.8. The van der Waals surface area contributed by atoms with E-state index in [4.69, 9.17) is 0 Å². The van der Waals surface area contributed by atoms with Crippen LogP contribution in [0.1, 0.15) is 59.8 Å². The van der Waals surface area contributed by atoms with E-state index in [0.29, 0.717) is 12.8 Å². The molecule has 18 heavy (non-hydrogen) atoms. The molecule has 0 saturated carbocycles. The maximum atomic E-state index is 12.6. The van der Waals surface area contributed by atoms with E-state index in [1.165, 1.54) is 0 Å². The molecule has 0 bridgehead atoms. The molecule has 0 aromatic heterocycles. The van der Waals surface area contributed by atoms with Crippen LogP contribution in [0, 0.1) is 0 Å². The molecule has 104 valence electrons. The van der Waals surface area contributed by atoms with E-state index in [1.807, 2.05) is 13.8 Å². The molecule has 2 amide bonds. The molecule has 1 atom stereocenters. The van der Waals surface area contributed by atoms with Crippen LogP contribution in [0.3, 0.4) is 0 Å². The zero-order valence-corrected chi connectivity index (χ0v) is 12.1. The summed E-state index contributed by atoms with van der Waals surface area (Å²) in [5, 5.41) is 2.90. The predicted molar refractivity (Wildman–Crippen MR) is 72.2 cm³/mol. The van der Waals surface area contributed by atoms with Crippen LogP contribution in [0.5, 0.6) is 0 Å². The largest absolute Gasteiger partial charge is 0.340 e. The minimum atomic E-state index is -0.670. The lowest BCUT2D eigenvalue weighted by Crippen LogP contribution is -2.67. The van der Waals surface area contributed by atoms with Gasteiger partial charge < -0.3 is 10.2 Å². The number of piperazine rings is 1. The first-order valence-electron chi connectivity index (χ1n) is 7.16. The first-order chi connectivity index (χ1) is 8.54. The molecule has 0 radical (unpaired) electrons. The third kappa shape index (κ3) is 2.68. The van der Waals surface area contributed by atoms with Gasteiger partial charge in [0.15, 0.2) is 0 Å². The topological polar surface area (TPSA) is 49.4 Å². The summed E-state index contributed by atoms with van der Waals surface area (Å²) >= 11 is 0. The number of nitrogens with one attached hydrogen (secondary N) is 1. The first kappa shape index (κ1) is 15.0. The molecule has 0 spiro atoms. The molecule has 1 fully saturated rings. The van der Waals surface area contributed by atoms with Crippen molar-refractivity contribution >= 4 is 11.8 Å². The Morgan fingerprint density at radius 3 is 2.28 bits per heavy atom. The second-order valence-electron chi connectivity index (χ2n) is 5.12. The smallest absolute Gasteiger partial charge is 0.249 e. The molecular formula is C14H26N2O2. The van der Waals surface area contributed by atoms with Gasteiger partial charge in [-0.3, -0.25) is 9.59 Å². The number of hydrogen-bond donors (Lipinski definition) is 1. The lowest BCUT2D eigenvalue weighted by Gasteiger charge is -2.44. The average molecular weight is 254 g/mol. The summed E-state index contributed by atoms with van der Waals surface area (Å²) in [7, 11) is 0. The highest BCUT2D eigenvalue weighted by molar-refractivity contribution is 5.98. The quantitative estimate of drug-likeness (QED) is 0.789. The van der Waals surface area contributed by atoms with Gasteiger partial charge in [0.2, 0.25) is 11.8 Å². The minimum absolute atomic E-state index is 0.0205. The fourth-order valence-corrected chi connectivity index (χ4v) is 2.80. The Kier molecular flexibility index (Phi) is 5.17. The van der Waals surface area contributed by atoms with Crippen LogP contribution < -0.4 is 5.32 Å². The SMILES string of the molecule is CCCC(CC)N1CC(=O)NC(CC)(CC)C1=O. The Labute approximate surface area is 110 Å². The van der Waals surface area contributed by atoms with E-state index in [2.05, 4.69) is 19.2 Å². The third-order valence-corrected chi connectivity index (χ3v) is 4.10. The van der Waals surface area contributed by atoms with Crippen molar-refractivity contribution in [3.05, 3.63) is 0 Å². The highest BCUT2D eigenvalue weighted by Crippen LogP contribution is 2.25. The number of rotatable bonds is 6. The molecule has 1 aliphatic heterocycles. The molecule has 4 nitrogen and oxygen atoms in total. The lowest BCUT2D eigenvalue weighted by atomic mass is 9.87. The van der Waals surface area contributed by atoms with E-state index in [9.17, 15) is 9.59 Å². The van der Waals surface area contributed by atoms with E-state index in [1.54, 1.807) is 4.90 Å². The van der Waals surface area contributed by atoms with Crippen molar-refractivity contribution in [2.24, 2.45) is 0 Å². The van der Waals surface area contributed by atoms with Gasteiger partial charge in [0.05, 0.1) is 6.54 Å². The van der Waals surface area contributed by atoms with E-state index in [0.717, 1.165) is 19.3 Å². The van der Waals surface area contributed by atoms with Gasteiger partial charge in [-0.05, 0) is 25.7 Å². The molecule has 1 saturated heterocycles. The third-order valence-electron chi connectivity index (χ3n) is 4.10. The Morgan fingerprint density at radius 1 is 1.22 bits per heavy atom. The summed E-state index contributed by atoms with van der Waals surface area (Å²) in [5.74, 6) is 0.0836. The highest BCUT2D eigenvalue weighted by Gasteiger charge is 2.45. The molecule has 1 heterocycles. The Hall–Kier alpha value is -1.06. The fraction of sp³-hybridized carbons (Fsp3) is 0.857. The van der Waals surface area contributed by atoms with Crippen LogP contribution in [-0.2, 0) is 9.59 Å². The summed E-state index contributed by atoms with van der Waals surface area (Å²) in [6, 6.07) is 0.200. The van der Waals surface area contributed by atoms with Crippen molar-refractivity contribution in [2.45, 2.75) is 71.4 Å². The summed E-state index contributed by atoms with van der Waals surface area (Å²) < 4.78 is 0. The second-order valence-corrected chi connectivity index (χ2v) is 5.12. The summed E-state index contributed by atoms with van der Waals surface area (Å²) in [6.07, 6.45) is 4.24. The van der Waals surface area contributed by atoms with Gasteiger partial charge >= 0.3 is 0 Å². The van der Waals surface area contributed by atoms with Gasteiger partial charge in [-0.25, -0.2) is 0 Å². The molecular weight excluding hydrogens is 228 g/mol. The predicted octanol–water partition coefficient (Wildman–Crippen LogP) is 2.08. The van der Waals surface area contributed by atoms with E-state index in [-0.39, 0.29) is 24.4 Å². The fourth-order valence-electron chi connectivity index (χ4n) is 2.80. The van der Waals surface area contributed by atoms with Crippen LogP contribution >= 0.6 is 0 Å². The molecule has 1 N–H and O–H groups in total. The standard InChI is InChI=1S/C14H26N2O2/c1-5-9-11(6-2)16-10-12(17)15-14(7-3,8-4)13(16)18/h11H,5-10H2,1-4H3,(H,15,17). The van der Waals surface area contributed by atoms with Gasteiger partial charge in [-0.2, -0.15) is 0 Å². The number of hydrogen-bond acceptors (Lipinski definition) is 2. The number of carbonyl (C=O) groups is 2.